The van der Waals surface area contributed by atoms with Crippen molar-refractivity contribution in [3.8, 4) is 0 Å². The van der Waals surface area contributed by atoms with Crippen molar-refractivity contribution < 1.29 is 131 Å². The zero-order chi connectivity index (χ0) is 35.9. The molecule has 4 heteroatoms. The molecule has 0 aromatic carbocycles. The maximum Gasteiger partial charge on any atom is 0 e. The van der Waals surface area contributed by atoms with Crippen molar-refractivity contribution >= 4 is 0 Å². The standard InChI is InChI=1S/C15H21.2C14H19.C13H18.4Y/c1-15-5-12-9-2-8-3-10(12)14(7-15)11(4-8)13(9)6-15;2*1-7-2-12-10-4-8-5-11(9(1)10)13(3-7)14(12)6-8;1-2-11-9-4-8-5-10(7-9)12(3-1)13(11)6-8;;;;/h9-14H,2-7H2,1H3;7,9-14H,1-6H2;7-13H,1-6H2;1,7-13H,2-6H2;;;;/q3*-1;-2;;;;. The van der Waals surface area contributed by atoms with Gasteiger partial charge in [-0.3, -0.25) is 0 Å². The van der Waals surface area contributed by atoms with Crippen LogP contribution >= 0.6 is 0 Å². The average molecular weight is 1110 g/mol. The molecule has 0 aliphatic heterocycles. The molecule has 0 amide bonds. The molecule has 26 aliphatic rings. The van der Waals surface area contributed by atoms with E-state index in [0.717, 1.165) is 58.7 Å². The Morgan fingerprint density at radius 1 is 0.350 bits per heavy atom. The molecular weight excluding hydrogens is 1030 g/mol. The minimum absolute atomic E-state index is 0. The van der Waals surface area contributed by atoms with Crippen LogP contribution in [0.1, 0.15) is 155 Å². The van der Waals surface area contributed by atoms with Crippen LogP contribution in [0.5, 0.6) is 0 Å². The SMILES string of the molecule is C1[C-]2C3CC4CC2C2CC1CC3C2C4.C1[C-]2CC3C4CC5CC(C14)C(C2)C3C5.CC12CC3C4C[C-]5CC3C(C1)C(C5)C4C2.[CH-]1CC2C3[CH-]C4CC(C3)CC2C4C1.[Y].[Y].[Y].[Y]. The first-order valence-electron chi connectivity index (χ1n) is 26.6. The molecule has 0 heterocycles. The summed E-state index contributed by atoms with van der Waals surface area (Å²) in [5.74, 6) is 36.2. The van der Waals surface area contributed by atoms with E-state index in [9.17, 15) is 0 Å². The van der Waals surface area contributed by atoms with E-state index in [4.69, 9.17) is 0 Å². The maximum atomic E-state index is 2.76. The van der Waals surface area contributed by atoms with Gasteiger partial charge in [-0.1, -0.05) is 111 Å². The molecule has 0 spiro atoms. The van der Waals surface area contributed by atoms with Crippen molar-refractivity contribution in [2.24, 2.45) is 159 Å². The second kappa shape index (κ2) is 16.5. The zero-order valence-corrected chi connectivity index (χ0v) is 49.1. The molecule has 0 aromatic rings. The summed E-state index contributed by atoms with van der Waals surface area (Å²) in [5, 5.41) is 0. The van der Waals surface area contributed by atoms with Crippen LogP contribution < -0.4 is 0 Å². The molecule has 0 aromatic heterocycles. The third-order valence-electron chi connectivity index (χ3n) is 25.7. The van der Waals surface area contributed by atoms with Crippen LogP contribution in [0.2, 0.25) is 0 Å². The molecule has 4 radical (unpaired) electrons. The van der Waals surface area contributed by atoms with Crippen LogP contribution in [-0.2, 0) is 131 Å². The van der Waals surface area contributed by atoms with Gasteiger partial charge in [0, 0.05) is 131 Å². The Kier molecular flexibility index (Phi) is 12.5. The Bertz CT molecular complexity index is 1320. The summed E-state index contributed by atoms with van der Waals surface area (Å²) in [6.07, 6.45) is 41.8. The van der Waals surface area contributed by atoms with Crippen LogP contribution in [-0.4, -0.2) is 0 Å². The summed E-state index contributed by atoms with van der Waals surface area (Å²) in [7, 11) is 0. The van der Waals surface area contributed by atoms with Crippen LogP contribution in [0.25, 0.3) is 0 Å². The Morgan fingerprint density at radius 3 is 1.15 bits per heavy atom. The second-order valence-corrected chi connectivity index (χ2v) is 27.4. The van der Waals surface area contributed by atoms with Crippen LogP contribution in [0.15, 0.2) is 0 Å². The van der Waals surface area contributed by atoms with Gasteiger partial charge in [-0.05, 0) is 122 Å². The minimum Gasteiger partial charge on any atom is -0.328 e. The molecule has 0 N–H and O–H groups in total. The summed E-state index contributed by atoms with van der Waals surface area (Å²) < 4.78 is 0. The number of hydrogen-bond acceptors (Lipinski definition) is 0. The molecule has 30 bridgehead atoms. The van der Waals surface area contributed by atoms with Crippen LogP contribution in [0.4, 0.5) is 0 Å². The van der Waals surface area contributed by atoms with Gasteiger partial charge < -0.3 is 30.6 Å². The fourth-order valence-corrected chi connectivity index (χ4v) is 25.0. The molecule has 26 fully saturated rings. The predicted octanol–water partition coefficient (Wildman–Crippen LogP) is 13.3. The van der Waals surface area contributed by atoms with Gasteiger partial charge in [0.25, 0.3) is 0 Å². The third kappa shape index (κ3) is 6.56. The van der Waals surface area contributed by atoms with Crippen molar-refractivity contribution in [1.29, 1.82) is 0 Å². The van der Waals surface area contributed by atoms with E-state index in [2.05, 4.69) is 25.7 Å². The second-order valence-electron chi connectivity index (χ2n) is 27.4. The number of rotatable bonds is 0. The van der Waals surface area contributed by atoms with Gasteiger partial charge in [0.2, 0.25) is 0 Å². The Balaban J connectivity index is 0.0000000844. The first kappa shape index (κ1) is 45.5. The first-order chi connectivity index (χ1) is 27.4. The molecule has 0 saturated heterocycles. The van der Waals surface area contributed by atoms with Gasteiger partial charge in [-0.15, -0.1) is 0 Å². The molecule has 8 unspecified atom stereocenters. The van der Waals surface area contributed by atoms with Gasteiger partial charge in [-0.25, -0.2) is 0 Å². The van der Waals surface area contributed by atoms with Gasteiger partial charge in [0.15, 0.2) is 0 Å². The van der Waals surface area contributed by atoms with Crippen molar-refractivity contribution in [2.45, 2.75) is 155 Å². The van der Waals surface area contributed by atoms with Gasteiger partial charge >= 0.3 is 0 Å². The van der Waals surface area contributed by atoms with Crippen LogP contribution in [0, 0.1) is 190 Å². The molecule has 26 aliphatic carbocycles. The van der Waals surface area contributed by atoms with Gasteiger partial charge in [0.1, 0.15) is 0 Å². The summed E-state index contributed by atoms with van der Waals surface area (Å²) in [4.78, 5) is 0. The molecule has 60 heavy (non-hydrogen) atoms. The largest absolute Gasteiger partial charge is 0.328 e. The molecule has 318 valence electrons. The van der Waals surface area contributed by atoms with Crippen molar-refractivity contribution in [3.05, 3.63) is 30.6 Å². The molecule has 26 rings (SSSR count). The van der Waals surface area contributed by atoms with E-state index < -0.39 is 0 Å². The van der Waals surface area contributed by atoms with Crippen molar-refractivity contribution in [2.75, 3.05) is 0 Å². The normalized spacial score (nSPS) is 62.8. The summed E-state index contributed by atoms with van der Waals surface area (Å²) in [6.45, 7) is 2.61. The van der Waals surface area contributed by atoms with E-state index in [0.29, 0.717) is 0 Å². The average Bonchev–Trinajstić information content (AvgIpc) is 3.22. The third-order valence-corrected chi connectivity index (χ3v) is 25.7. The summed E-state index contributed by atoms with van der Waals surface area (Å²) in [6, 6.07) is 0. The quantitative estimate of drug-likeness (QED) is 0.212. The van der Waals surface area contributed by atoms with Crippen LogP contribution in [0.3, 0.4) is 0 Å². The van der Waals surface area contributed by atoms with E-state index in [1.807, 2.05) is 11.8 Å². The minimum atomic E-state index is 0. The predicted molar refractivity (Wildman–Crippen MR) is 223 cm³/mol. The molecule has 0 nitrogen and oxygen atoms in total. The van der Waals surface area contributed by atoms with Gasteiger partial charge in [-0.2, -0.15) is 81.5 Å². The fourth-order valence-electron chi connectivity index (χ4n) is 25.0. The maximum absolute atomic E-state index is 2.76. The fraction of sp³-hybridized carbons (Fsp3) is 0.911. The van der Waals surface area contributed by atoms with Crippen molar-refractivity contribution in [1.82, 2.24) is 0 Å². The Morgan fingerprint density at radius 2 is 0.700 bits per heavy atom. The summed E-state index contributed by atoms with van der Waals surface area (Å²) >= 11 is 0. The topological polar surface area (TPSA) is 0 Å². The van der Waals surface area contributed by atoms with E-state index in [-0.39, 0.29) is 131 Å². The Hall–Kier alpha value is 4.42. The van der Waals surface area contributed by atoms with Crippen molar-refractivity contribution in [3.63, 3.8) is 0 Å². The van der Waals surface area contributed by atoms with Gasteiger partial charge in [0.05, 0.1) is 0 Å². The van der Waals surface area contributed by atoms with E-state index >= 15 is 0 Å². The number of hydrogen-bond donors (Lipinski definition) is 0. The summed E-state index contributed by atoms with van der Waals surface area (Å²) in [5.41, 5.74) is 0.790. The molecule has 8 atom stereocenters. The zero-order valence-electron chi connectivity index (χ0n) is 37.7. The molecular formula is C56H77Y4-5. The smallest absolute Gasteiger partial charge is 0 e. The van der Waals surface area contributed by atoms with E-state index in [1.165, 1.54) is 113 Å². The van der Waals surface area contributed by atoms with E-state index in [1.54, 1.807) is 135 Å². The Labute approximate surface area is 468 Å². The first-order valence-corrected chi connectivity index (χ1v) is 26.6. The molecule has 26 saturated carbocycles. The monoisotopic (exact) mass is 1110 g/mol.